The van der Waals surface area contributed by atoms with Gasteiger partial charge in [0.15, 0.2) is 5.13 Å². The van der Waals surface area contributed by atoms with Gasteiger partial charge in [-0.15, -0.1) is 11.3 Å². The summed E-state index contributed by atoms with van der Waals surface area (Å²) in [5.74, 6) is -0.245. The SMILES string of the molecule is CC(=O)NCc1ccc(C(=O)Nc2ccc3nc(N4CCOCC4)sc3c2)s1. The standard InChI is InChI=1S/C19H20N4O3S2/c1-12(24)20-11-14-3-5-16(27-14)18(25)21-13-2-4-15-17(10-13)28-19(22-15)23-6-8-26-9-7-23/h2-5,10H,6-9,11H2,1H3,(H,20,24)(H,21,25). The molecule has 0 bridgehead atoms. The van der Waals surface area contributed by atoms with Crippen LogP contribution in [-0.4, -0.2) is 43.1 Å². The van der Waals surface area contributed by atoms with Crippen molar-refractivity contribution >= 4 is 55.5 Å². The lowest BCUT2D eigenvalue weighted by atomic mass is 10.3. The van der Waals surface area contributed by atoms with E-state index < -0.39 is 0 Å². The normalized spacial score (nSPS) is 14.2. The second-order valence-corrected chi connectivity index (χ2v) is 8.59. The van der Waals surface area contributed by atoms with Gasteiger partial charge in [0.1, 0.15) is 0 Å². The Kier molecular flexibility index (Phi) is 5.56. The van der Waals surface area contributed by atoms with E-state index >= 15 is 0 Å². The molecule has 3 heterocycles. The van der Waals surface area contributed by atoms with Crippen LogP contribution >= 0.6 is 22.7 Å². The number of ether oxygens (including phenoxy) is 1. The predicted octanol–water partition coefficient (Wildman–Crippen LogP) is 3.08. The molecular formula is C19H20N4O3S2. The zero-order chi connectivity index (χ0) is 19.5. The van der Waals surface area contributed by atoms with Gasteiger partial charge in [-0.05, 0) is 30.3 Å². The van der Waals surface area contributed by atoms with Gasteiger partial charge < -0.3 is 20.3 Å². The van der Waals surface area contributed by atoms with Gasteiger partial charge in [0, 0.05) is 30.6 Å². The zero-order valence-corrected chi connectivity index (χ0v) is 17.0. The van der Waals surface area contributed by atoms with E-state index in [1.807, 2.05) is 24.3 Å². The molecular weight excluding hydrogens is 396 g/mol. The summed E-state index contributed by atoms with van der Waals surface area (Å²) in [4.78, 5) is 32.0. The number of carbonyl (C=O) groups excluding carboxylic acids is 2. The first kappa shape index (κ1) is 18.9. The third-order valence-electron chi connectivity index (χ3n) is 4.31. The number of thiophene rings is 1. The second kappa shape index (κ2) is 8.26. The molecule has 0 aliphatic carbocycles. The molecule has 9 heteroatoms. The number of anilines is 2. The molecule has 0 atom stereocenters. The van der Waals surface area contributed by atoms with Crippen LogP contribution in [-0.2, 0) is 16.1 Å². The van der Waals surface area contributed by atoms with Crippen molar-refractivity contribution in [3.05, 3.63) is 40.1 Å². The molecule has 1 saturated heterocycles. The summed E-state index contributed by atoms with van der Waals surface area (Å²) >= 11 is 3.00. The number of nitrogens with one attached hydrogen (secondary N) is 2. The van der Waals surface area contributed by atoms with Crippen LogP contribution in [0.5, 0.6) is 0 Å². The molecule has 0 saturated carbocycles. The second-order valence-electron chi connectivity index (χ2n) is 6.41. The first-order chi connectivity index (χ1) is 13.6. The third kappa shape index (κ3) is 4.32. The summed E-state index contributed by atoms with van der Waals surface area (Å²) in [5.41, 5.74) is 1.67. The molecule has 0 unspecified atom stereocenters. The number of amides is 2. The lowest BCUT2D eigenvalue weighted by molar-refractivity contribution is -0.119. The molecule has 0 spiro atoms. The lowest BCUT2D eigenvalue weighted by Crippen LogP contribution is -2.36. The van der Waals surface area contributed by atoms with Crippen LogP contribution < -0.4 is 15.5 Å². The highest BCUT2D eigenvalue weighted by molar-refractivity contribution is 7.22. The van der Waals surface area contributed by atoms with E-state index in [1.165, 1.54) is 18.3 Å². The summed E-state index contributed by atoms with van der Waals surface area (Å²) in [7, 11) is 0. The van der Waals surface area contributed by atoms with Crippen molar-refractivity contribution in [2.75, 3.05) is 36.5 Å². The van der Waals surface area contributed by atoms with Gasteiger partial charge in [-0.2, -0.15) is 0 Å². The Balaban J connectivity index is 1.45. The maximum absolute atomic E-state index is 12.5. The van der Waals surface area contributed by atoms with Gasteiger partial charge in [-0.25, -0.2) is 4.98 Å². The van der Waals surface area contributed by atoms with Gasteiger partial charge in [0.05, 0.1) is 34.9 Å². The van der Waals surface area contributed by atoms with Crippen LogP contribution in [0.4, 0.5) is 10.8 Å². The quantitative estimate of drug-likeness (QED) is 0.668. The minimum Gasteiger partial charge on any atom is -0.378 e. The van der Waals surface area contributed by atoms with E-state index in [0.29, 0.717) is 11.4 Å². The summed E-state index contributed by atoms with van der Waals surface area (Å²) in [6, 6.07) is 9.40. The zero-order valence-electron chi connectivity index (χ0n) is 15.4. The van der Waals surface area contributed by atoms with E-state index in [0.717, 1.165) is 52.2 Å². The van der Waals surface area contributed by atoms with E-state index in [9.17, 15) is 9.59 Å². The lowest BCUT2D eigenvalue weighted by Gasteiger charge is -2.25. The van der Waals surface area contributed by atoms with Crippen LogP contribution in [0.1, 0.15) is 21.5 Å². The van der Waals surface area contributed by atoms with Crippen molar-refractivity contribution in [2.45, 2.75) is 13.5 Å². The average Bonchev–Trinajstić information content (AvgIpc) is 3.34. The maximum Gasteiger partial charge on any atom is 0.265 e. The van der Waals surface area contributed by atoms with Crippen LogP contribution in [0.25, 0.3) is 10.2 Å². The third-order valence-corrected chi connectivity index (χ3v) is 6.48. The molecule has 1 fully saturated rings. The van der Waals surface area contributed by atoms with Crippen LogP contribution in [0.15, 0.2) is 30.3 Å². The molecule has 146 valence electrons. The van der Waals surface area contributed by atoms with Gasteiger partial charge >= 0.3 is 0 Å². The summed E-state index contributed by atoms with van der Waals surface area (Å²) in [6.07, 6.45) is 0. The Morgan fingerprint density at radius 3 is 2.79 bits per heavy atom. The molecule has 4 rings (SSSR count). The number of rotatable bonds is 5. The average molecular weight is 417 g/mol. The van der Waals surface area contributed by atoms with Crippen molar-refractivity contribution < 1.29 is 14.3 Å². The van der Waals surface area contributed by atoms with Crippen molar-refractivity contribution in [3.8, 4) is 0 Å². The highest BCUT2D eigenvalue weighted by atomic mass is 32.1. The number of hydrogen-bond donors (Lipinski definition) is 2. The molecule has 3 aromatic rings. The van der Waals surface area contributed by atoms with Crippen LogP contribution in [0.2, 0.25) is 0 Å². The number of thiazole rings is 1. The Labute approximate surface area is 170 Å². The Morgan fingerprint density at radius 2 is 2.00 bits per heavy atom. The number of aromatic nitrogens is 1. The Morgan fingerprint density at radius 1 is 1.18 bits per heavy atom. The molecule has 2 N–H and O–H groups in total. The molecule has 28 heavy (non-hydrogen) atoms. The van der Waals surface area contributed by atoms with E-state index in [-0.39, 0.29) is 11.8 Å². The highest BCUT2D eigenvalue weighted by Gasteiger charge is 2.16. The number of carbonyl (C=O) groups is 2. The highest BCUT2D eigenvalue weighted by Crippen LogP contribution is 2.31. The van der Waals surface area contributed by atoms with E-state index in [2.05, 4.69) is 15.5 Å². The molecule has 1 aliphatic heterocycles. The fraction of sp³-hybridized carbons (Fsp3) is 0.316. The topological polar surface area (TPSA) is 83.6 Å². The molecule has 1 aliphatic rings. The monoisotopic (exact) mass is 416 g/mol. The molecule has 7 nitrogen and oxygen atoms in total. The Hall–Kier alpha value is -2.49. The fourth-order valence-electron chi connectivity index (χ4n) is 2.88. The van der Waals surface area contributed by atoms with Gasteiger partial charge in [0.25, 0.3) is 5.91 Å². The number of morpholine rings is 1. The van der Waals surface area contributed by atoms with E-state index in [4.69, 9.17) is 9.72 Å². The van der Waals surface area contributed by atoms with E-state index in [1.54, 1.807) is 17.4 Å². The maximum atomic E-state index is 12.5. The number of fused-ring (bicyclic) bond motifs is 1. The number of nitrogens with zero attached hydrogens (tertiary/aromatic N) is 2. The van der Waals surface area contributed by atoms with Gasteiger partial charge in [0.2, 0.25) is 5.91 Å². The number of benzene rings is 1. The minimum absolute atomic E-state index is 0.0892. The number of hydrogen-bond acceptors (Lipinski definition) is 7. The first-order valence-electron chi connectivity index (χ1n) is 8.96. The fourth-order valence-corrected chi connectivity index (χ4v) is 4.78. The molecule has 0 radical (unpaired) electrons. The smallest absolute Gasteiger partial charge is 0.265 e. The van der Waals surface area contributed by atoms with Gasteiger partial charge in [-0.3, -0.25) is 9.59 Å². The van der Waals surface area contributed by atoms with Crippen LogP contribution in [0, 0.1) is 0 Å². The minimum atomic E-state index is -0.156. The Bertz CT molecular complexity index is 1010. The predicted molar refractivity (Wildman–Crippen MR) is 112 cm³/mol. The van der Waals surface area contributed by atoms with Crippen LogP contribution in [0.3, 0.4) is 0 Å². The summed E-state index contributed by atoms with van der Waals surface area (Å²) in [5, 5.41) is 6.67. The molecule has 1 aromatic carbocycles. The summed E-state index contributed by atoms with van der Waals surface area (Å²) in [6.45, 7) is 5.06. The molecule has 2 aromatic heterocycles. The first-order valence-corrected chi connectivity index (χ1v) is 10.6. The van der Waals surface area contributed by atoms with Crippen molar-refractivity contribution in [3.63, 3.8) is 0 Å². The van der Waals surface area contributed by atoms with Crippen molar-refractivity contribution in [2.24, 2.45) is 0 Å². The van der Waals surface area contributed by atoms with Crippen molar-refractivity contribution in [1.29, 1.82) is 0 Å². The largest absolute Gasteiger partial charge is 0.378 e. The summed E-state index contributed by atoms with van der Waals surface area (Å²) < 4.78 is 6.44. The molecule has 2 amide bonds. The van der Waals surface area contributed by atoms with Crippen molar-refractivity contribution in [1.82, 2.24) is 10.3 Å². The van der Waals surface area contributed by atoms with Gasteiger partial charge in [-0.1, -0.05) is 11.3 Å².